The fourth-order valence-corrected chi connectivity index (χ4v) is 2.21. The minimum Gasteiger partial charge on any atom is -0.481 e. The number of carboxylic acid groups (broad SMARTS) is 1. The Labute approximate surface area is 129 Å². The van der Waals surface area contributed by atoms with Crippen molar-refractivity contribution in [3.05, 3.63) is 59.5 Å². The highest BCUT2D eigenvalue weighted by atomic mass is 16.4. The van der Waals surface area contributed by atoms with E-state index in [1.807, 2.05) is 30.3 Å². The highest BCUT2D eigenvalue weighted by Gasteiger charge is 2.23. The Kier molecular flexibility index (Phi) is 4.99. The average molecular weight is 301 g/mol. The van der Waals surface area contributed by atoms with Crippen LogP contribution in [-0.2, 0) is 11.3 Å². The predicted octanol–water partition coefficient (Wildman–Crippen LogP) is 2.95. The maximum absolute atomic E-state index is 12.7. The first-order valence-electron chi connectivity index (χ1n) is 7.09. The molecule has 5 nitrogen and oxygen atoms in total. The fourth-order valence-electron chi connectivity index (χ4n) is 2.21. The summed E-state index contributed by atoms with van der Waals surface area (Å²) < 4.78 is 5.17. The van der Waals surface area contributed by atoms with Crippen LogP contribution in [0.4, 0.5) is 0 Å². The third-order valence-corrected chi connectivity index (χ3v) is 3.51. The summed E-state index contributed by atoms with van der Waals surface area (Å²) in [6.07, 6.45) is 1.46. The lowest BCUT2D eigenvalue weighted by atomic mass is 10.1. The molecule has 1 heterocycles. The minimum atomic E-state index is -0.922. The van der Waals surface area contributed by atoms with Gasteiger partial charge in [-0.2, -0.15) is 0 Å². The van der Waals surface area contributed by atoms with E-state index < -0.39 is 11.9 Å². The minimum absolute atomic E-state index is 0.147. The quantitative estimate of drug-likeness (QED) is 0.890. The van der Waals surface area contributed by atoms with Gasteiger partial charge >= 0.3 is 5.97 Å². The highest BCUT2D eigenvalue weighted by Crippen LogP contribution is 2.16. The number of hydrogen-bond acceptors (Lipinski definition) is 3. The number of carbonyl (C=O) groups excluding carboxylic acids is 1. The molecular formula is C17H19NO4. The molecule has 2 aromatic rings. The summed E-state index contributed by atoms with van der Waals surface area (Å²) in [5.41, 5.74) is 1.42. The van der Waals surface area contributed by atoms with E-state index in [4.69, 9.17) is 9.52 Å². The summed E-state index contributed by atoms with van der Waals surface area (Å²) in [7, 11) is 0. The predicted molar refractivity (Wildman–Crippen MR) is 81.4 cm³/mol. The van der Waals surface area contributed by atoms with Crippen molar-refractivity contribution in [3.63, 3.8) is 0 Å². The smallest absolute Gasteiger partial charge is 0.308 e. The summed E-state index contributed by atoms with van der Waals surface area (Å²) >= 11 is 0. The van der Waals surface area contributed by atoms with Gasteiger partial charge in [-0.05, 0) is 18.6 Å². The van der Waals surface area contributed by atoms with Crippen LogP contribution < -0.4 is 0 Å². The van der Waals surface area contributed by atoms with E-state index >= 15 is 0 Å². The lowest BCUT2D eigenvalue weighted by Gasteiger charge is -2.24. The van der Waals surface area contributed by atoms with Gasteiger partial charge in [0.05, 0.1) is 17.7 Å². The van der Waals surface area contributed by atoms with Crippen LogP contribution in [0.1, 0.15) is 28.6 Å². The van der Waals surface area contributed by atoms with Crippen molar-refractivity contribution in [1.29, 1.82) is 0 Å². The average Bonchev–Trinajstić information content (AvgIpc) is 2.92. The Hall–Kier alpha value is -2.56. The van der Waals surface area contributed by atoms with Gasteiger partial charge in [0, 0.05) is 13.1 Å². The largest absolute Gasteiger partial charge is 0.481 e. The first-order chi connectivity index (χ1) is 10.5. The second-order valence-corrected chi connectivity index (χ2v) is 5.30. The zero-order valence-corrected chi connectivity index (χ0v) is 12.7. The van der Waals surface area contributed by atoms with Gasteiger partial charge in [-0.1, -0.05) is 37.3 Å². The molecule has 0 radical (unpaired) electrons. The van der Waals surface area contributed by atoms with Crippen LogP contribution in [0, 0.1) is 12.8 Å². The molecule has 116 valence electrons. The monoisotopic (exact) mass is 301 g/mol. The molecule has 1 atom stereocenters. The zero-order valence-electron chi connectivity index (χ0n) is 12.7. The number of carbonyl (C=O) groups is 2. The molecule has 0 unspecified atom stereocenters. The van der Waals surface area contributed by atoms with Crippen molar-refractivity contribution in [2.75, 3.05) is 6.54 Å². The maximum atomic E-state index is 12.7. The molecule has 22 heavy (non-hydrogen) atoms. The van der Waals surface area contributed by atoms with E-state index in [2.05, 4.69) is 0 Å². The van der Waals surface area contributed by atoms with Gasteiger partial charge in [0.1, 0.15) is 5.76 Å². The number of aliphatic carboxylic acids is 1. The van der Waals surface area contributed by atoms with Gasteiger partial charge in [0.15, 0.2) is 0 Å². The molecular weight excluding hydrogens is 282 g/mol. The van der Waals surface area contributed by atoms with Crippen LogP contribution >= 0.6 is 0 Å². The zero-order chi connectivity index (χ0) is 16.1. The Morgan fingerprint density at radius 2 is 1.91 bits per heavy atom. The van der Waals surface area contributed by atoms with Crippen molar-refractivity contribution in [1.82, 2.24) is 4.90 Å². The third-order valence-electron chi connectivity index (χ3n) is 3.51. The number of amides is 1. The number of furan rings is 1. The standard InChI is InChI=1S/C17H19NO4/c1-12(17(20)21)10-18(11-14-6-4-3-5-7-14)16(19)15-8-9-22-13(15)2/h3-9,12H,10-11H2,1-2H3,(H,20,21)/t12-/m0/s1. The molecule has 0 aliphatic carbocycles. The van der Waals surface area contributed by atoms with E-state index in [1.165, 1.54) is 6.26 Å². The van der Waals surface area contributed by atoms with E-state index in [0.717, 1.165) is 5.56 Å². The summed E-state index contributed by atoms with van der Waals surface area (Å²) in [6.45, 7) is 3.82. The highest BCUT2D eigenvalue weighted by molar-refractivity contribution is 5.95. The molecule has 0 saturated heterocycles. The maximum Gasteiger partial charge on any atom is 0.308 e. The van der Waals surface area contributed by atoms with E-state index in [0.29, 0.717) is 17.9 Å². The lowest BCUT2D eigenvalue weighted by Crippen LogP contribution is -2.36. The Balaban J connectivity index is 2.23. The van der Waals surface area contributed by atoms with Crippen LogP contribution in [-0.4, -0.2) is 28.4 Å². The first-order valence-corrected chi connectivity index (χ1v) is 7.09. The van der Waals surface area contributed by atoms with Crippen LogP contribution in [0.3, 0.4) is 0 Å². The number of nitrogens with zero attached hydrogens (tertiary/aromatic N) is 1. The van der Waals surface area contributed by atoms with E-state index in [9.17, 15) is 9.59 Å². The van der Waals surface area contributed by atoms with Crippen molar-refractivity contribution in [2.24, 2.45) is 5.92 Å². The second-order valence-electron chi connectivity index (χ2n) is 5.30. The topological polar surface area (TPSA) is 70.8 Å². The van der Waals surface area contributed by atoms with Crippen LogP contribution in [0.5, 0.6) is 0 Å². The van der Waals surface area contributed by atoms with Crippen molar-refractivity contribution in [3.8, 4) is 0 Å². The molecule has 0 saturated carbocycles. The van der Waals surface area contributed by atoms with Gasteiger partial charge in [0.25, 0.3) is 5.91 Å². The van der Waals surface area contributed by atoms with E-state index in [-0.39, 0.29) is 12.5 Å². The molecule has 0 aliphatic heterocycles. The Bertz CT molecular complexity index is 648. The fraction of sp³-hybridized carbons (Fsp3) is 0.294. The molecule has 0 fully saturated rings. The molecule has 1 amide bonds. The lowest BCUT2D eigenvalue weighted by molar-refractivity contribution is -0.141. The van der Waals surface area contributed by atoms with Gasteiger partial charge in [0.2, 0.25) is 0 Å². The van der Waals surface area contributed by atoms with Crippen LogP contribution in [0.2, 0.25) is 0 Å². The third kappa shape index (κ3) is 3.75. The number of rotatable bonds is 6. The molecule has 1 N–H and O–H groups in total. The van der Waals surface area contributed by atoms with Gasteiger partial charge in [-0.15, -0.1) is 0 Å². The van der Waals surface area contributed by atoms with E-state index in [1.54, 1.807) is 24.8 Å². The summed E-state index contributed by atoms with van der Waals surface area (Å²) in [6, 6.07) is 11.1. The molecule has 2 rings (SSSR count). The first kappa shape index (κ1) is 15.8. The molecule has 0 aliphatic rings. The molecule has 0 spiro atoms. The Morgan fingerprint density at radius 1 is 1.23 bits per heavy atom. The molecule has 0 bridgehead atoms. The molecule has 1 aromatic heterocycles. The number of carboxylic acids is 1. The van der Waals surface area contributed by atoms with Crippen LogP contribution in [0.15, 0.2) is 47.1 Å². The van der Waals surface area contributed by atoms with Gasteiger partial charge in [-0.25, -0.2) is 0 Å². The number of benzene rings is 1. The molecule has 5 heteroatoms. The van der Waals surface area contributed by atoms with Crippen molar-refractivity contribution >= 4 is 11.9 Å². The number of hydrogen-bond donors (Lipinski definition) is 1. The summed E-state index contributed by atoms with van der Waals surface area (Å²) in [5.74, 6) is -1.25. The van der Waals surface area contributed by atoms with Crippen LogP contribution in [0.25, 0.3) is 0 Å². The molecule has 1 aromatic carbocycles. The SMILES string of the molecule is Cc1occc1C(=O)N(Cc1ccccc1)C[C@H](C)C(=O)O. The summed E-state index contributed by atoms with van der Waals surface area (Å²) in [4.78, 5) is 25.3. The Morgan fingerprint density at radius 3 is 2.45 bits per heavy atom. The van der Waals surface area contributed by atoms with Gasteiger partial charge in [-0.3, -0.25) is 9.59 Å². The second kappa shape index (κ2) is 6.93. The normalized spacial score (nSPS) is 11.9. The van der Waals surface area contributed by atoms with Crippen molar-refractivity contribution < 1.29 is 19.1 Å². The van der Waals surface area contributed by atoms with Gasteiger partial charge < -0.3 is 14.4 Å². The van der Waals surface area contributed by atoms with Crippen molar-refractivity contribution in [2.45, 2.75) is 20.4 Å². The summed E-state index contributed by atoms with van der Waals surface area (Å²) in [5, 5.41) is 9.11. The number of aryl methyl sites for hydroxylation is 1.